The average molecular weight is 289 g/mol. The molecule has 3 nitrogen and oxygen atoms in total. The fourth-order valence-corrected chi connectivity index (χ4v) is 1.95. The van der Waals surface area contributed by atoms with Gasteiger partial charge in [-0.2, -0.15) is 0 Å². The number of hydrogen-bond acceptors (Lipinski definition) is 3. The van der Waals surface area contributed by atoms with E-state index < -0.39 is 6.10 Å². The second-order valence-electron chi connectivity index (χ2n) is 4.96. The highest BCUT2D eigenvalue weighted by atomic mass is 19.1. The molecule has 21 heavy (non-hydrogen) atoms. The highest BCUT2D eigenvalue weighted by molar-refractivity contribution is 5.22. The van der Waals surface area contributed by atoms with Crippen LogP contribution in [0.4, 0.5) is 4.39 Å². The van der Waals surface area contributed by atoms with Gasteiger partial charge < -0.3 is 15.2 Å². The van der Waals surface area contributed by atoms with E-state index in [-0.39, 0.29) is 18.5 Å². The molecule has 0 fully saturated rings. The molecule has 4 heteroatoms. The molecular formula is C17H20FNO2. The van der Waals surface area contributed by atoms with E-state index in [0.717, 1.165) is 0 Å². The molecule has 0 saturated heterocycles. The first-order chi connectivity index (χ1) is 10.1. The van der Waals surface area contributed by atoms with Crippen LogP contribution in [-0.4, -0.2) is 24.4 Å². The lowest BCUT2D eigenvalue weighted by Gasteiger charge is -2.18. The van der Waals surface area contributed by atoms with E-state index in [1.165, 1.54) is 17.7 Å². The zero-order chi connectivity index (χ0) is 15.1. The molecule has 0 bridgehead atoms. The SMILES string of the molecule is C[C@H](NCC(O)COc1ccc(F)cc1)c1ccccc1. The van der Waals surface area contributed by atoms with Crippen molar-refractivity contribution in [1.82, 2.24) is 5.32 Å². The Morgan fingerprint density at radius 1 is 1.10 bits per heavy atom. The smallest absolute Gasteiger partial charge is 0.123 e. The van der Waals surface area contributed by atoms with Crippen molar-refractivity contribution in [2.75, 3.05) is 13.2 Å². The van der Waals surface area contributed by atoms with Gasteiger partial charge in [-0.25, -0.2) is 4.39 Å². The van der Waals surface area contributed by atoms with Crippen LogP contribution in [-0.2, 0) is 0 Å². The monoisotopic (exact) mass is 289 g/mol. The topological polar surface area (TPSA) is 41.5 Å². The Kier molecular flexibility index (Phi) is 5.72. The minimum atomic E-state index is -0.624. The quantitative estimate of drug-likeness (QED) is 0.823. The van der Waals surface area contributed by atoms with Crippen LogP contribution in [0.25, 0.3) is 0 Å². The minimum absolute atomic E-state index is 0.159. The molecule has 1 unspecified atom stereocenters. The lowest BCUT2D eigenvalue weighted by molar-refractivity contribution is 0.104. The molecule has 112 valence electrons. The van der Waals surface area contributed by atoms with Gasteiger partial charge in [0.25, 0.3) is 0 Å². The van der Waals surface area contributed by atoms with Crippen LogP contribution in [0.15, 0.2) is 54.6 Å². The maximum atomic E-state index is 12.7. The van der Waals surface area contributed by atoms with Crippen LogP contribution in [0.1, 0.15) is 18.5 Å². The van der Waals surface area contributed by atoms with E-state index in [1.807, 2.05) is 37.3 Å². The summed E-state index contributed by atoms with van der Waals surface area (Å²) >= 11 is 0. The summed E-state index contributed by atoms with van der Waals surface area (Å²) in [5.41, 5.74) is 1.17. The molecule has 2 atom stereocenters. The zero-order valence-corrected chi connectivity index (χ0v) is 12.0. The lowest BCUT2D eigenvalue weighted by Crippen LogP contribution is -2.33. The van der Waals surface area contributed by atoms with Crippen molar-refractivity contribution in [2.24, 2.45) is 0 Å². The molecule has 0 aliphatic heterocycles. The second kappa shape index (κ2) is 7.76. The summed E-state index contributed by atoms with van der Waals surface area (Å²) in [6, 6.07) is 15.9. The third-order valence-corrected chi connectivity index (χ3v) is 3.22. The summed E-state index contributed by atoms with van der Waals surface area (Å²) in [6.07, 6.45) is -0.624. The molecule has 0 heterocycles. The van der Waals surface area contributed by atoms with E-state index in [0.29, 0.717) is 12.3 Å². The summed E-state index contributed by atoms with van der Waals surface area (Å²) in [7, 11) is 0. The average Bonchev–Trinajstić information content (AvgIpc) is 2.53. The standard InChI is InChI=1S/C17H20FNO2/c1-13(14-5-3-2-4-6-14)19-11-16(20)12-21-17-9-7-15(18)8-10-17/h2-10,13,16,19-20H,11-12H2,1H3/t13-,16?/m0/s1. The Bertz CT molecular complexity index is 530. The van der Waals surface area contributed by atoms with Crippen molar-refractivity contribution in [3.05, 3.63) is 66.0 Å². The largest absolute Gasteiger partial charge is 0.491 e. The number of ether oxygens (including phenoxy) is 1. The summed E-state index contributed by atoms with van der Waals surface area (Å²) in [5, 5.41) is 13.2. The van der Waals surface area contributed by atoms with Crippen molar-refractivity contribution < 1.29 is 14.2 Å². The van der Waals surface area contributed by atoms with Crippen LogP contribution >= 0.6 is 0 Å². The van der Waals surface area contributed by atoms with Crippen molar-refractivity contribution in [2.45, 2.75) is 19.1 Å². The first-order valence-electron chi connectivity index (χ1n) is 7.00. The fourth-order valence-electron chi connectivity index (χ4n) is 1.95. The van der Waals surface area contributed by atoms with Crippen LogP contribution < -0.4 is 10.1 Å². The Morgan fingerprint density at radius 2 is 1.76 bits per heavy atom. The Balaban J connectivity index is 1.72. The molecule has 0 aromatic heterocycles. The van der Waals surface area contributed by atoms with Crippen LogP contribution in [0.2, 0.25) is 0 Å². The van der Waals surface area contributed by atoms with Gasteiger partial charge in [-0.05, 0) is 36.8 Å². The normalized spacial score (nSPS) is 13.7. The molecule has 0 amide bonds. The summed E-state index contributed by atoms with van der Waals surface area (Å²) < 4.78 is 18.1. The van der Waals surface area contributed by atoms with Gasteiger partial charge in [0.15, 0.2) is 0 Å². The van der Waals surface area contributed by atoms with E-state index in [9.17, 15) is 9.50 Å². The number of aliphatic hydroxyl groups excluding tert-OH is 1. The van der Waals surface area contributed by atoms with Crippen molar-refractivity contribution in [1.29, 1.82) is 0 Å². The van der Waals surface area contributed by atoms with Gasteiger partial charge in [-0.15, -0.1) is 0 Å². The van der Waals surface area contributed by atoms with Gasteiger partial charge in [0, 0.05) is 12.6 Å². The third-order valence-electron chi connectivity index (χ3n) is 3.22. The second-order valence-corrected chi connectivity index (χ2v) is 4.96. The van der Waals surface area contributed by atoms with Gasteiger partial charge in [0.1, 0.15) is 24.3 Å². The first kappa shape index (κ1) is 15.5. The third kappa shape index (κ3) is 5.17. The maximum Gasteiger partial charge on any atom is 0.123 e. The van der Waals surface area contributed by atoms with Crippen LogP contribution in [0, 0.1) is 5.82 Å². The molecule has 2 rings (SSSR count). The molecule has 2 N–H and O–H groups in total. The molecule has 2 aromatic rings. The van der Waals surface area contributed by atoms with Crippen molar-refractivity contribution in [3.63, 3.8) is 0 Å². The van der Waals surface area contributed by atoms with E-state index in [2.05, 4.69) is 5.32 Å². The molecule has 0 radical (unpaired) electrons. The maximum absolute atomic E-state index is 12.7. The number of rotatable bonds is 7. The summed E-state index contributed by atoms with van der Waals surface area (Å²) in [4.78, 5) is 0. The molecule has 0 saturated carbocycles. The van der Waals surface area contributed by atoms with Crippen LogP contribution in [0.3, 0.4) is 0 Å². The Morgan fingerprint density at radius 3 is 2.43 bits per heavy atom. The number of nitrogens with one attached hydrogen (secondary N) is 1. The highest BCUT2D eigenvalue weighted by Gasteiger charge is 2.09. The van der Waals surface area contributed by atoms with Gasteiger partial charge in [-0.1, -0.05) is 30.3 Å². The molecule has 2 aromatic carbocycles. The molecule has 0 spiro atoms. The minimum Gasteiger partial charge on any atom is -0.491 e. The molecular weight excluding hydrogens is 269 g/mol. The predicted octanol–water partition coefficient (Wildman–Crippen LogP) is 2.92. The Labute approximate surface area is 124 Å². The predicted molar refractivity (Wildman–Crippen MR) is 80.8 cm³/mol. The molecule has 0 aliphatic rings. The number of halogens is 1. The lowest BCUT2D eigenvalue weighted by atomic mass is 10.1. The fraction of sp³-hybridized carbons (Fsp3) is 0.294. The first-order valence-corrected chi connectivity index (χ1v) is 7.00. The summed E-state index contributed by atoms with van der Waals surface area (Å²) in [5.74, 6) is 0.243. The van der Waals surface area contributed by atoms with E-state index in [4.69, 9.17) is 4.74 Å². The van der Waals surface area contributed by atoms with E-state index >= 15 is 0 Å². The van der Waals surface area contributed by atoms with Gasteiger partial charge >= 0.3 is 0 Å². The van der Waals surface area contributed by atoms with Gasteiger partial charge in [0.05, 0.1) is 0 Å². The number of benzene rings is 2. The summed E-state index contributed by atoms with van der Waals surface area (Å²) in [6.45, 7) is 2.64. The van der Waals surface area contributed by atoms with Crippen molar-refractivity contribution in [3.8, 4) is 5.75 Å². The number of aliphatic hydroxyl groups is 1. The highest BCUT2D eigenvalue weighted by Crippen LogP contribution is 2.12. The van der Waals surface area contributed by atoms with Gasteiger partial charge in [-0.3, -0.25) is 0 Å². The molecule has 0 aliphatic carbocycles. The van der Waals surface area contributed by atoms with Crippen LogP contribution in [0.5, 0.6) is 5.75 Å². The van der Waals surface area contributed by atoms with E-state index in [1.54, 1.807) is 12.1 Å². The Hall–Kier alpha value is -1.91. The zero-order valence-electron chi connectivity index (χ0n) is 12.0. The number of hydrogen-bond donors (Lipinski definition) is 2. The van der Waals surface area contributed by atoms with Gasteiger partial charge in [0.2, 0.25) is 0 Å². The van der Waals surface area contributed by atoms with Crippen molar-refractivity contribution >= 4 is 0 Å².